The van der Waals surface area contributed by atoms with Gasteiger partial charge in [-0.15, -0.1) is 11.3 Å². The molecule has 2 aromatic rings. The van der Waals surface area contributed by atoms with Crippen molar-refractivity contribution in [3.8, 4) is 5.75 Å². The number of benzene rings is 1. The summed E-state index contributed by atoms with van der Waals surface area (Å²) in [7, 11) is 1.77. The number of aryl methyl sites for hydroxylation is 1. The molecule has 0 aliphatic heterocycles. The van der Waals surface area contributed by atoms with E-state index in [4.69, 9.17) is 4.74 Å². The first-order valence-corrected chi connectivity index (χ1v) is 9.28. The van der Waals surface area contributed by atoms with Crippen LogP contribution in [-0.2, 0) is 19.4 Å². The Morgan fingerprint density at radius 1 is 1.36 bits per heavy atom. The van der Waals surface area contributed by atoms with Crippen LogP contribution in [0.5, 0.6) is 5.75 Å². The molecule has 0 bridgehead atoms. The number of nitrogens with zero attached hydrogens (tertiary/aromatic N) is 2. The lowest BCUT2D eigenvalue weighted by Crippen LogP contribution is -2.37. The Morgan fingerprint density at radius 3 is 2.92 bits per heavy atom. The molecule has 0 atom stereocenters. The van der Waals surface area contributed by atoms with Crippen LogP contribution >= 0.6 is 11.3 Å². The molecular formula is C19H26N4OS. The summed E-state index contributed by atoms with van der Waals surface area (Å²) in [6.45, 7) is 7.77. The van der Waals surface area contributed by atoms with Crippen LogP contribution < -0.4 is 15.4 Å². The van der Waals surface area contributed by atoms with Crippen molar-refractivity contribution in [2.75, 3.05) is 20.2 Å². The first-order chi connectivity index (χ1) is 12.3. The van der Waals surface area contributed by atoms with E-state index < -0.39 is 0 Å². The number of thiazole rings is 1. The third kappa shape index (κ3) is 6.23. The van der Waals surface area contributed by atoms with Gasteiger partial charge in [0, 0.05) is 43.2 Å². The molecule has 0 aliphatic carbocycles. The second-order valence-corrected chi connectivity index (χ2v) is 6.58. The minimum absolute atomic E-state index is 0.498. The summed E-state index contributed by atoms with van der Waals surface area (Å²) >= 11 is 1.78. The molecule has 2 rings (SSSR count). The van der Waals surface area contributed by atoms with Crippen LogP contribution in [0, 0.1) is 0 Å². The van der Waals surface area contributed by atoms with Crippen molar-refractivity contribution in [2.45, 2.75) is 26.3 Å². The fourth-order valence-electron chi connectivity index (χ4n) is 2.25. The molecule has 0 saturated carbocycles. The molecule has 1 heterocycles. The molecule has 0 fully saturated rings. The molecule has 1 aromatic heterocycles. The smallest absolute Gasteiger partial charge is 0.191 e. The monoisotopic (exact) mass is 358 g/mol. The second-order valence-electron chi connectivity index (χ2n) is 5.38. The van der Waals surface area contributed by atoms with Gasteiger partial charge in [-0.2, -0.15) is 0 Å². The molecular weight excluding hydrogens is 332 g/mol. The summed E-state index contributed by atoms with van der Waals surface area (Å²) in [5, 5.41) is 7.80. The van der Waals surface area contributed by atoms with E-state index in [0.717, 1.165) is 41.7 Å². The Balaban J connectivity index is 1.81. The van der Waals surface area contributed by atoms with Crippen molar-refractivity contribution < 1.29 is 4.74 Å². The van der Waals surface area contributed by atoms with Gasteiger partial charge >= 0.3 is 0 Å². The van der Waals surface area contributed by atoms with Crippen molar-refractivity contribution in [1.29, 1.82) is 0 Å². The van der Waals surface area contributed by atoms with Crippen LogP contribution in [-0.4, -0.2) is 31.1 Å². The molecule has 6 heteroatoms. The highest BCUT2D eigenvalue weighted by atomic mass is 32.1. The zero-order valence-electron chi connectivity index (χ0n) is 14.9. The Bertz CT molecular complexity index is 696. The van der Waals surface area contributed by atoms with E-state index >= 15 is 0 Å². The van der Waals surface area contributed by atoms with Crippen molar-refractivity contribution >= 4 is 17.3 Å². The molecule has 0 unspecified atom stereocenters. The minimum Gasteiger partial charge on any atom is -0.489 e. The maximum absolute atomic E-state index is 5.68. The summed E-state index contributed by atoms with van der Waals surface area (Å²) < 4.78 is 5.68. The normalized spacial score (nSPS) is 11.2. The maximum Gasteiger partial charge on any atom is 0.191 e. The van der Waals surface area contributed by atoms with Crippen LogP contribution in [0.3, 0.4) is 0 Å². The number of para-hydroxylation sites is 1. The second kappa shape index (κ2) is 10.5. The molecule has 5 nitrogen and oxygen atoms in total. The van der Waals surface area contributed by atoms with Gasteiger partial charge in [-0.05, 0) is 12.5 Å². The fourth-order valence-corrected chi connectivity index (χ4v) is 3.12. The van der Waals surface area contributed by atoms with Crippen molar-refractivity contribution in [3.05, 3.63) is 58.6 Å². The molecule has 0 amide bonds. The van der Waals surface area contributed by atoms with Crippen molar-refractivity contribution in [3.63, 3.8) is 0 Å². The van der Waals surface area contributed by atoms with Crippen LogP contribution in [0.1, 0.15) is 22.4 Å². The zero-order valence-corrected chi connectivity index (χ0v) is 15.7. The molecule has 0 radical (unpaired) electrons. The lowest BCUT2D eigenvalue weighted by atomic mass is 10.2. The lowest BCUT2D eigenvalue weighted by molar-refractivity contribution is 0.358. The topological polar surface area (TPSA) is 58.5 Å². The number of guanidine groups is 1. The van der Waals surface area contributed by atoms with Crippen LogP contribution in [0.4, 0.5) is 0 Å². The Morgan fingerprint density at radius 2 is 2.20 bits per heavy atom. The van der Waals surface area contributed by atoms with Gasteiger partial charge in [0.15, 0.2) is 5.96 Å². The van der Waals surface area contributed by atoms with Gasteiger partial charge in [-0.1, -0.05) is 37.8 Å². The summed E-state index contributed by atoms with van der Waals surface area (Å²) in [4.78, 5) is 10.0. The van der Waals surface area contributed by atoms with Gasteiger partial charge in [0.2, 0.25) is 0 Å². The summed E-state index contributed by atoms with van der Waals surface area (Å²) in [5.41, 5.74) is 1.08. The van der Waals surface area contributed by atoms with Gasteiger partial charge in [0.25, 0.3) is 0 Å². The van der Waals surface area contributed by atoms with Crippen LogP contribution in [0.2, 0.25) is 0 Å². The SMILES string of the molecule is C=CCOc1ccccc1CNC(=NC)NCCc1ncc(CC)s1. The molecule has 25 heavy (non-hydrogen) atoms. The van der Waals surface area contributed by atoms with E-state index in [1.165, 1.54) is 4.88 Å². The van der Waals surface area contributed by atoms with Crippen molar-refractivity contribution in [1.82, 2.24) is 15.6 Å². The molecule has 0 saturated heterocycles. The van der Waals surface area contributed by atoms with E-state index in [1.807, 2.05) is 30.5 Å². The van der Waals surface area contributed by atoms with Gasteiger partial charge in [-0.3, -0.25) is 4.99 Å². The lowest BCUT2D eigenvalue weighted by Gasteiger charge is -2.14. The predicted molar refractivity (Wildman–Crippen MR) is 106 cm³/mol. The number of hydrogen-bond acceptors (Lipinski definition) is 4. The van der Waals surface area contributed by atoms with Crippen LogP contribution in [0.15, 0.2) is 48.1 Å². The quantitative estimate of drug-likeness (QED) is 0.411. The molecule has 2 N–H and O–H groups in total. The minimum atomic E-state index is 0.498. The number of nitrogens with one attached hydrogen (secondary N) is 2. The average Bonchev–Trinajstić information content (AvgIpc) is 3.11. The Labute approximate surface area is 153 Å². The van der Waals surface area contributed by atoms with E-state index in [1.54, 1.807) is 24.5 Å². The third-order valence-electron chi connectivity index (χ3n) is 3.58. The number of aliphatic imine (C=N–C) groups is 1. The van der Waals surface area contributed by atoms with Gasteiger partial charge < -0.3 is 15.4 Å². The first-order valence-electron chi connectivity index (χ1n) is 8.46. The number of aromatic nitrogens is 1. The molecule has 134 valence electrons. The van der Waals surface area contributed by atoms with Crippen molar-refractivity contribution in [2.24, 2.45) is 4.99 Å². The van der Waals surface area contributed by atoms with Gasteiger partial charge in [-0.25, -0.2) is 4.98 Å². The standard InChI is InChI=1S/C19H26N4OS/c1-4-12-24-17-9-7-6-8-15(17)13-23-19(20-3)21-11-10-18-22-14-16(5-2)25-18/h4,6-9,14H,1,5,10-13H2,2-3H3,(H2,20,21,23). The highest BCUT2D eigenvalue weighted by Gasteiger charge is 2.05. The van der Waals surface area contributed by atoms with E-state index in [2.05, 4.69) is 34.1 Å². The van der Waals surface area contributed by atoms with Gasteiger partial charge in [0.1, 0.15) is 12.4 Å². The Kier molecular flexibility index (Phi) is 7.98. The largest absolute Gasteiger partial charge is 0.489 e. The molecule has 1 aromatic carbocycles. The zero-order chi connectivity index (χ0) is 17.9. The van der Waals surface area contributed by atoms with E-state index in [0.29, 0.717) is 13.2 Å². The number of rotatable bonds is 9. The number of ether oxygens (including phenoxy) is 1. The summed E-state index contributed by atoms with van der Waals surface area (Å²) in [6.07, 6.45) is 5.65. The molecule has 0 aliphatic rings. The average molecular weight is 359 g/mol. The number of hydrogen-bond donors (Lipinski definition) is 2. The first kappa shape index (κ1) is 19.0. The third-order valence-corrected chi connectivity index (χ3v) is 4.78. The predicted octanol–water partition coefficient (Wildman–Crippen LogP) is 3.18. The van der Waals surface area contributed by atoms with E-state index in [9.17, 15) is 0 Å². The fraction of sp³-hybridized carbons (Fsp3) is 0.368. The highest BCUT2D eigenvalue weighted by Crippen LogP contribution is 2.17. The van der Waals surface area contributed by atoms with E-state index in [-0.39, 0.29) is 0 Å². The maximum atomic E-state index is 5.68. The van der Waals surface area contributed by atoms with Gasteiger partial charge in [0.05, 0.1) is 5.01 Å². The summed E-state index contributed by atoms with van der Waals surface area (Å²) in [5.74, 6) is 1.63. The molecule has 0 spiro atoms. The van der Waals surface area contributed by atoms with Crippen LogP contribution in [0.25, 0.3) is 0 Å². The summed E-state index contributed by atoms with van der Waals surface area (Å²) in [6, 6.07) is 7.97. The highest BCUT2D eigenvalue weighted by molar-refractivity contribution is 7.11. The Hall–Kier alpha value is -2.34.